The molecule has 2 aromatic heterocycles. The van der Waals surface area contributed by atoms with Gasteiger partial charge in [-0.1, -0.05) is 18.2 Å². The SMILES string of the molecule is Cl.O=C(CCc1cc2n(n1)CCCNC2)NCCc1cnn(-c2ccccc2)c1. The molecule has 0 saturated heterocycles. The van der Waals surface area contributed by atoms with Crippen LogP contribution in [-0.4, -0.2) is 38.6 Å². The highest BCUT2D eigenvalue weighted by atomic mass is 35.5. The lowest BCUT2D eigenvalue weighted by atomic mass is 10.2. The van der Waals surface area contributed by atoms with E-state index >= 15 is 0 Å². The molecule has 0 spiro atoms. The zero-order valence-corrected chi connectivity index (χ0v) is 17.2. The number of para-hydroxylation sites is 1. The molecule has 7 nitrogen and oxygen atoms in total. The van der Waals surface area contributed by atoms with Gasteiger partial charge in [-0.25, -0.2) is 4.68 Å². The van der Waals surface area contributed by atoms with Crippen LogP contribution in [0.4, 0.5) is 0 Å². The summed E-state index contributed by atoms with van der Waals surface area (Å²) in [6.07, 6.45) is 6.86. The quantitative estimate of drug-likeness (QED) is 0.621. The monoisotopic (exact) mass is 414 g/mol. The van der Waals surface area contributed by atoms with E-state index in [9.17, 15) is 4.79 Å². The van der Waals surface area contributed by atoms with Crippen LogP contribution in [0.3, 0.4) is 0 Å². The van der Waals surface area contributed by atoms with E-state index in [1.165, 1.54) is 5.69 Å². The van der Waals surface area contributed by atoms with Crippen molar-refractivity contribution in [2.75, 3.05) is 13.1 Å². The van der Waals surface area contributed by atoms with Crippen molar-refractivity contribution in [3.05, 3.63) is 65.7 Å². The van der Waals surface area contributed by atoms with Crippen LogP contribution in [0.5, 0.6) is 0 Å². The lowest BCUT2D eigenvalue weighted by Gasteiger charge is -2.03. The van der Waals surface area contributed by atoms with Crippen molar-refractivity contribution in [2.24, 2.45) is 0 Å². The molecule has 154 valence electrons. The van der Waals surface area contributed by atoms with E-state index in [1.54, 1.807) is 0 Å². The van der Waals surface area contributed by atoms with Gasteiger partial charge in [-0.3, -0.25) is 9.48 Å². The molecule has 1 aliphatic rings. The summed E-state index contributed by atoms with van der Waals surface area (Å²) in [6.45, 7) is 3.45. The number of amides is 1. The van der Waals surface area contributed by atoms with Crippen molar-refractivity contribution in [1.82, 2.24) is 30.2 Å². The van der Waals surface area contributed by atoms with Gasteiger partial charge in [0, 0.05) is 38.7 Å². The number of rotatable bonds is 7. The van der Waals surface area contributed by atoms with Gasteiger partial charge in [0.1, 0.15) is 0 Å². The second kappa shape index (κ2) is 10.2. The molecular formula is C21H27ClN6O. The largest absolute Gasteiger partial charge is 0.356 e. The van der Waals surface area contributed by atoms with Gasteiger partial charge < -0.3 is 10.6 Å². The normalized spacial score (nSPS) is 13.2. The highest BCUT2D eigenvalue weighted by Gasteiger charge is 2.12. The van der Waals surface area contributed by atoms with Crippen molar-refractivity contribution >= 4 is 18.3 Å². The van der Waals surface area contributed by atoms with Crippen molar-refractivity contribution in [3.8, 4) is 5.69 Å². The Morgan fingerprint density at radius 3 is 2.93 bits per heavy atom. The predicted octanol–water partition coefficient (Wildman–Crippen LogP) is 2.28. The van der Waals surface area contributed by atoms with Gasteiger partial charge >= 0.3 is 0 Å². The Labute approximate surface area is 176 Å². The third kappa shape index (κ3) is 5.68. The maximum atomic E-state index is 12.2. The summed E-state index contributed by atoms with van der Waals surface area (Å²) in [5, 5.41) is 15.4. The molecular weight excluding hydrogens is 388 g/mol. The smallest absolute Gasteiger partial charge is 0.220 e. The Morgan fingerprint density at radius 1 is 1.21 bits per heavy atom. The molecule has 8 heteroatoms. The van der Waals surface area contributed by atoms with Gasteiger partial charge in [0.15, 0.2) is 0 Å². The van der Waals surface area contributed by atoms with E-state index in [-0.39, 0.29) is 18.3 Å². The van der Waals surface area contributed by atoms with Crippen LogP contribution in [0.25, 0.3) is 5.69 Å². The molecule has 2 N–H and O–H groups in total. The number of aromatic nitrogens is 4. The van der Waals surface area contributed by atoms with E-state index in [0.717, 1.165) is 49.4 Å². The fourth-order valence-corrected chi connectivity index (χ4v) is 3.43. The standard InChI is InChI=1S/C21H26N6O.ClH/c28-21(8-7-18-13-20-15-22-10-4-12-26(20)25-18)23-11-9-17-14-24-27(16-17)19-5-2-1-3-6-19;/h1-3,5-6,13-14,16,22H,4,7-12,15H2,(H,23,28);1H. The van der Waals surface area contributed by atoms with Gasteiger partial charge in [-0.05, 0) is 43.1 Å². The molecule has 3 aromatic rings. The van der Waals surface area contributed by atoms with Gasteiger partial charge in [0.25, 0.3) is 0 Å². The number of aryl methyl sites for hydroxylation is 2. The molecule has 3 heterocycles. The fourth-order valence-electron chi connectivity index (χ4n) is 3.43. The fraction of sp³-hybridized carbons (Fsp3) is 0.381. The number of halogens is 1. The number of nitrogens with one attached hydrogen (secondary N) is 2. The van der Waals surface area contributed by atoms with Gasteiger partial charge in [-0.2, -0.15) is 10.2 Å². The molecule has 0 fully saturated rings. The minimum Gasteiger partial charge on any atom is -0.356 e. The number of nitrogens with zero attached hydrogens (tertiary/aromatic N) is 4. The van der Waals surface area contributed by atoms with Crippen LogP contribution < -0.4 is 10.6 Å². The van der Waals surface area contributed by atoms with Crippen LogP contribution >= 0.6 is 12.4 Å². The van der Waals surface area contributed by atoms with E-state index < -0.39 is 0 Å². The van der Waals surface area contributed by atoms with Crippen molar-refractivity contribution in [3.63, 3.8) is 0 Å². The molecule has 1 aromatic carbocycles. The molecule has 1 aliphatic heterocycles. The number of hydrogen-bond donors (Lipinski definition) is 2. The number of fused-ring (bicyclic) bond motifs is 1. The van der Waals surface area contributed by atoms with Crippen LogP contribution in [-0.2, 0) is 30.7 Å². The minimum absolute atomic E-state index is 0. The van der Waals surface area contributed by atoms with Crippen molar-refractivity contribution in [2.45, 2.75) is 38.8 Å². The number of carbonyl (C=O) groups is 1. The summed E-state index contributed by atoms with van der Waals surface area (Å²) in [7, 11) is 0. The number of carbonyl (C=O) groups excluding carboxylic acids is 1. The Kier molecular flexibility index (Phi) is 7.43. The molecule has 4 rings (SSSR count). The zero-order chi connectivity index (χ0) is 19.2. The highest BCUT2D eigenvalue weighted by molar-refractivity contribution is 5.85. The highest BCUT2D eigenvalue weighted by Crippen LogP contribution is 2.10. The number of benzene rings is 1. The summed E-state index contributed by atoms with van der Waals surface area (Å²) in [4.78, 5) is 12.2. The summed E-state index contributed by atoms with van der Waals surface area (Å²) < 4.78 is 3.92. The van der Waals surface area contributed by atoms with Crippen LogP contribution in [0.1, 0.15) is 29.8 Å². The van der Waals surface area contributed by atoms with Crippen LogP contribution in [0, 0.1) is 0 Å². The average molecular weight is 415 g/mol. The molecule has 0 atom stereocenters. The summed E-state index contributed by atoms with van der Waals surface area (Å²) in [5.74, 6) is 0.0665. The lowest BCUT2D eigenvalue weighted by Crippen LogP contribution is -2.25. The first-order valence-electron chi connectivity index (χ1n) is 9.90. The van der Waals surface area contributed by atoms with Gasteiger partial charge in [0.2, 0.25) is 5.91 Å². The average Bonchev–Trinajstić information content (AvgIpc) is 3.29. The molecule has 0 saturated carbocycles. The van der Waals surface area contributed by atoms with E-state index in [1.807, 2.05) is 47.4 Å². The van der Waals surface area contributed by atoms with E-state index in [4.69, 9.17) is 0 Å². The Balaban J connectivity index is 0.00000240. The Hall–Kier alpha value is -2.64. The summed E-state index contributed by atoms with van der Waals surface area (Å²) in [6, 6.07) is 12.1. The number of hydrogen-bond acceptors (Lipinski definition) is 4. The Morgan fingerprint density at radius 2 is 2.07 bits per heavy atom. The lowest BCUT2D eigenvalue weighted by molar-refractivity contribution is -0.121. The molecule has 29 heavy (non-hydrogen) atoms. The Bertz CT molecular complexity index is 897. The van der Waals surface area contributed by atoms with Gasteiger partial charge in [-0.15, -0.1) is 12.4 Å². The second-order valence-electron chi connectivity index (χ2n) is 7.11. The zero-order valence-electron chi connectivity index (χ0n) is 16.4. The van der Waals surface area contributed by atoms with Crippen molar-refractivity contribution in [1.29, 1.82) is 0 Å². The minimum atomic E-state index is 0. The topological polar surface area (TPSA) is 76.8 Å². The molecule has 1 amide bonds. The molecule has 0 bridgehead atoms. The second-order valence-corrected chi connectivity index (χ2v) is 7.11. The summed E-state index contributed by atoms with van der Waals surface area (Å²) >= 11 is 0. The molecule has 0 radical (unpaired) electrons. The first kappa shape index (κ1) is 21.1. The molecule has 0 unspecified atom stereocenters. The first-order chi connectivity index (χ1) is 13.8. The third-order valence-corrected chi connectivity index (χ3v) is 4.94. The van der Waals surface area contributed by atoms with E-state index in [2.05, 4.69) is 31.6 Å². The van der Waals surface area contributed by atoms with Crippen LogP contribution in [0.2, 0.25) is 0 Å². The third-order valence-electron chi connectivity index (χ3n) is 4.94. The summed E-state index contributed by atoms with van der Waals surface area (Å²) in [5.41, 5.74) is 4.35. The van der Waals surface area contributed by atoms with Crippen molar-refractivity contribution < 1.29 is 4.79 Å². The van der Waals surface area contributed by atoms with Crippen LogP contribution in [0.15, 0.2) is 48.8 Å². The molecule has 0 aliphatic carbocycles. The first-order valence-corrected chi connectivity index (χ1v) is 9.90. The predicted molar refractivity (Wildman–Crippen MR) is 114 cm³/mol. The maximum Gasteiger partial charge on any atom is 0.220 e. The van der Waals surface area contributed by atoms with E-state index in [0.29, 0.717) is 19.4 Å². The van der Waals surface area contributed by atoms with Gasteiger partial charge in [0.05, 0.1) is 23.3 Å². The maximum absolute atomic E-state index is 12.2.